The smallest absolute Gasteiger partial charge is 0.104 e. The summed E-state index contributed by atoms with van der Waals surface area (Å²) in [5.74, 6) is 0. The fourth-order valence-electron chi connectivity index (χ4n) is 0.575. The molecule has 0 N–H and O–H groups in total. The minimum Gasteiger partial charge on any atom is -0.344 e. The summed E-state index contributed by atoms with van der Waals surface area (Å²) in [4.78, 5) is 2.16. The first-order chi connectivity index (χ1) is 5.04. The highest BCUT2D eigenvalue weighted by Gasteiger charge is 2.03. The normalized spacial score (nSPS) is 16.8. The van der Waals surface area contributed by atoms with Gasteiger partial charge < -0.3 is 9.42 Å². The number of rotatable bonds is 5. The van der Waals surface area contributed by atoms with Gasteiger partial charge in [0.05, 0.1) is 6.61 Å². The zero-order chi connectivity index (χ0) is 8.85. The molecule has 2 atom stereocenters. The molecule has 0 aliphatic carbocycles. The Morgan fingerprint density at radius 1 is 1.64 bits per heavy atom. The maximum atomic E-state index is 5.22. The Hall–Kier alpha value is 0.920. The highest BCUT2D eigenvalue weighted by molar-refractivity contribution is 8.54. The molecular formula is C6H16NOPS2. The van der Waals surface area contributed by atoms with E-state index in [2.05, 4.69) is 38.2 Å². The van der Waals surface area contributed by atoms with Crippen molar-refractivity contribution in [3.63, 3.8) is 0 Å². The highest BCUT2D eigenvalue weighted by atomic mass is 32.9. The Bertz CT molecular complexity index is 132. The Labute approximate surface area is 80.0 Å². The molecule has 0 aromatic carbocycles. The van der Waals surface area contributed by atoms with Crippen molar-refractivity contribution in [3.8, 4) is 0 Å². The summed E-state index contributed by atoms with van der Waals surface area (Å²) in [5.41, 5.74) is 0. The third-order valence-corrected chi connectivity index (χ3v) is 2.83. The molecule has 0 spiro atoms. The van der Waals surface area contributed by atoms with Crippen LogP contribution >= 0.6 is 18.4 Å². The first kappa shape index (κ1) is 11.9. The summed E-state index contributed by atoms with van der Waals surface area (Å²) in [7, 11) is 4.12. The molecule has 2 unspecified atom stereocenters. The predicted molar refractivity (Wildman–Crippen MR) is 58.4 cm³/mol. The highest BCUT2D eigenvalue weighted by Crippen LogP contribution is 2.27. The fraction of sp³-hybridized carbons (Fsp3) is 1.00. The maximum Gasteiger partial charge on any atom is 0.104 e. The summed E-state index contributed by atoms with van der Waals surface area (Å²) >= 11 is 8.86. The molecule has 5 heteroatoms. The molecular weight excluding hydrogens is 197 g/mol. The number of nitrogens with zero attached hydrogens (tertiary/aromatic N) is 1. The van der Waals surface area contributed by atoms with Crippen molar-refractivity contribution in [1.82, 2.24) is 4.90 Å². The van der Waals surface area contributed by atoms with Crippen LogP contribution in [0.2, 0.25) is 0 Å². The summed E-state index contributed by atoms with van der Waals surface area (Å²) in [6, 6.07) is 0.555. The van der Waals surface area contributed by atoms with Crippen molar-refractivity contribution >= 4 is 30.2 Å². The van der Waals surface area contributed by atoms with Crippen LogP contribution in [0, 0.1) is 0 Å². The quantitative estimate of drug-likeness (QED) is 0.552. The molecule has 2 nitrogen and oxygen atoms in total. The van der Waals surface area contributed by atoms with Gasteiger partial charge in [-0.25, -0.2) is 0 Å². The molecule has 0 fully saturated rings. The Morgan fingerprint density at radius 2 is 2.18 bits per heavy atom. The maximum absolute atomic E-state index is 5.22. The van der Waals surface area contributed by atoms with Gasteiger partial charge in [-0.2, -0.15) is 0 Å². The van der Waals surface area contributed by atoms with Crippen LogP contribution in [0.3, 0.4) is 0 Å². The van der Waals surface area contributed by atoms with Gasteiger partial charge in [-0.3, -0.25) is 0 Å². The Morgan fingerprint density at radius 3 is 2.55 bits per heavy atom. The van der Waals surface area contributed by atoms with E-state index in [1.165, 1.54) is 0 Å². The van der Waals surface area contributed by atoms with Crippen molar-refractivity contribution in [2.75, 3.05) is 20.7 Å². The molecule has 0 aliphatic rings. The van der Waals surface area contributed by atoms with Gasteiger partial charge in [0.25, 0.3) is 0 Å². The lowest BCUT2D eigenvalue weighted by molar-refractivity contribution is 0.250. The molecule has 0 heterocycles. The minimum absolute atomic E-state index is 0.555. The van der Waals surface area contributed by atoms with Crippen LogP contribution in [-0.4, -0.2) is 31.6 Å². The van der Waals surface area contributed by atoms with Crippen LogP contribution in [0.15, 0.2) is 0 Å². The van der Waals surface area contributed by atoms with Gasteiger partial charge in [-0.15, -0.1) is 12.2 Å². The van der Waals surface area contributed by atoms with E-state index in [0.29, 0.717) is 6.04 Å². The third kappa shape index (κ3) is 7.29. The molecule has 0 radical (unpaired) electrons. The van der Waals surface area contributed by atoms with E-state index in [9.17, 15) is 0 Å². The lowest BCUT2D eigenvalue weighted by Gasteiger charge is -2.18. The third-order valence-electron chi connectivity index (χ3n) is 1.64. The van der Waals surface area contributed by atoms with Gasteiger partial charge in [0, 0.05) is 6.04 Å². The van der Waals surface area contributed by atoms with Crippen molar-refractivity contribution < 1.29 is 4.52 Å². The molecule has 0 bridgehead atoms. The van der Waals surface area contributed by atoms with Gasteiger partial charge in [0.1, 0.15) is 6.13 Å². The van der Waals surface area contributed by atoms with Crippen LogP contribution in [-0.2, 0) is 16.3 Å². The molecule has 0 aromatic rings. The minimum atomic E-state index is -1.20. The largest absolute Gasteiger partial charge is 0.344 e. The summed E-state index contributed by atoms with van der Waals surface area (Å²) in [6.45, 7) is 2.90. The van der Waals surface area contributed by atoms with E-state index in [4.69, 9.17) is 16.3 Å². The predicted octanol–water partition coefficient (Wildman–Crippen LogP) is 1.78. The average Bonchev–Trinajstić information content (AvgIpc) is 1.86. The standard InChI is InChI=1S/C6H16NOPS2/c1-6(7(2)3)4-5-8-9(10)11/h6,9H,4-5H2,1-3H3,(H,10,11). The van der Waals surface area contributed by atoms with Gasteiger partial charge in [-0.05, 0) is 27.4 Å². The first-order valence-corrected chi connectivity index (χ1v) is 7.39. The van der Waals surface area contributed by atoms with Crippen LogP contribution in [0.25, 0.3) is 0 Å². The molecule has 0 rings (SSSR count). The van der Waals surface area contributed by atoms with Crippen molar-refractivity contribution in [3.05, 3.63) is 0 Å². The van der Waals surface area contributed by atoms with E-state index >= 15 is 0 Å². The Kier molecular flexibility index (Phi) is 6.98. The molecule has 68 valence electrons. The van der Waals surface area contributed by atoms with Gasteiger partial charge >= 0.3 is 0 Å². The van der Waals surface area contributed by atoms with Gasteiger partial charge in [-0.1, -0.05) is 11.8 Å². The second kappa shape index (κ2) is 6.44. The SMILES string of the molecule is CC(CCO[PH](=S)S)N(C)C. The van der Waals surface area contributed by atoms with E-state index in [1.54, 1.807) is 0 Å². The summed E-state index contributed by atoms with van der Waals surface area (Å²) in [6.07, 6.45) is -0.170. The number of hydrogen-bond donors (Lipinski definition) is 1. The van der Waals surface area contributed by atoms with Gasteiger partial charge in [0.15, 0.2) is 0 Å². The molecule has 0 aliphatic heterocycles. The van der Waals surface area contributed by atoms with Crippen LogP contribution in [0.4, 0.5) is 0 Å². The number of thiol groups is 1. The number of hydrogen-bond acceptors (Lipinski definition) is 3. The van der Waals surface area contributed by atoms with E-state index < -0.39 is 6.13 Å². The topological polar surface area (TPSA) is 12.5 Å². The van der Waals surface area contributed by atoms with Crippen LogP contribution in [0.5, 0.6) is 0 Å². The average molecular weight is 213 g/mol. The summed E-state index contributed by atoms with van der Waals surface area (Å²) < 4.78 is 5.22. The van der Waals surface area contributed by atoms with E-state index in [0.717, 1.165) is 13.0 Å². The van der Waals surface area contributed by atoms with Gasteiger partial charge in [0.2, 0.25) is 0 Å². The summed E-state index contributed by atoms with van der Waals surface area (Å²) in [5, 5.41) is 0. The van der Waals surface area contributed by atoms with Crippen molar-refractivity contribution in [2.24, 2.45) is 0 Å². The lowest BCUT2D eigenvalue weighted by atomic mass is 10.2. The Balaban J connectivity index is 3.31. The van der Waals surface area contributed by atoms with E-state index in [1.807, 2.05) is 0 Å². The van der Waals surface area contributed by atoms with E-state index in [-0.39, 0.29) is 0 Å². The molecule has 0 saturated carbocycles. The molecule has 0 aromatic heterocycles. The monoisotopic (exact) mass is 213 g/mol. The zero-order valence-corrected chi connectivity index (χ0v) is 9.91. The lowest BCUT2D eigenvalue weighted by Crippen LogP contribution is -2.25. The molecule has 0 saturated heterocycles. The zero-order valence-electron chi connectivity index (χ0n) is 7.20. The second-order valence-electron chi connectivity index (χ2n) is 2.72. The van der Waals surface area contributed by atoms with Crippen LogP contribution < -0.4 is 0 Å². The van der Waals surface area contributed by atoms with Crippen molar-refractivity contribution in [1.29, 1.82) is 0 Å². The molecule has 11 heavy (non-hydrogen) atoms. The molecule has 0 amide bonds. The fourth-order valence-corrected chi connectivity index (χ4v) is 1.39. The first-order valence-electron chi connectivity index (χ1n) is 3.56. The van der Waals surface area contributed by atoms with Crippen LogP contribution in [0.1, 0.15) is 13.3 Å². The second-order valence-corrected chi connectivity index (χ2v) is 6.77. The van der Waals surface area contributed by atoms with Crippen molar-refractivity contribution in [2.45, 2.75) is 19.4 Å².